The molecular weight excluding hydrogens is 496 g/mol. The van der Waals surface area contributed by atoms with Crippen LogP contribution in [0.3, 0.4) is 0 Å². The second kappa shape index (κ2) is 31.4. The van der Waals surface area contributed by atoms with Crippen molar-refractivity contribution in [2.24, 2.45) is 0 Å². The van der Waals surface area contributed by atoms with Gasteiger partial charge in [0.05, 0.1) is 0 Å². The first-order chi connectivity index (χ1) is 19.6. The van der Waals surface area contributed by atoms with Crippen LogP contribution in [0.4, 0.5) is 0 Å². The second-order valence-electron chi connectivity index (χ2n) is 11.0. The van der Waals surface area contributed by atoms with Gasteiger partial charge in [-0.15, -0.1) is 0 Å². The average Bonchev–Trinajstić information content (AvgIpc) is 2.93. The van der Waals surface area contributed by atoms with Gasteiger partial charge in [0.1, 0.15) is 6.10 Å². The van der Waals surface area contributed by atoms with E-state index in [-0.39, 0.29) is 18.5 Å². The van der Waals surface area contributed by atoms with Gasteiger partial charge in [0.25, 0.3) is 0 Å². The van der Waals surface area contributed by atoms with Crippen LogP contribution in [0.5, 0.6) is 0 Å². The van der Waals surface area contributed by atoms with Gasteiger partial charge in [-0.25, -0.2) is 0 Å². The number of aliphatic carboxylic acids is 1. The van der Waals surface area contributed by atoms with Crippen LogP contribution in [-0.2, 0) is 14.3 Å². The Hall–Kier alpha value is -2.10. The van der Waals surface area contributed by atoms with E-state index < -0.39 is 5.97 Å². The number of unbranched alkanes of at least 4 members (excludes halogenated alkanes) is 15. The summed E-state index contributed by atoms with van der Waals surface area (Å²) >= 11 is 0. The molecule has 0 aromatic heterocycles. The molecule has 0 aliphatic rings. The summed E-state index contributed by atoms with van der Waals surface area (Å²) < 4.78 is 5.80. The van der Waals surface area contributed by atoms with Gasteiger partial charge in [0.2, 0.25) is 0 Å². The number of carboxylic acid groups (broad SMARTS) is 1. The maximum Gasteiger partial charge on any atom is 0.306 e. The fraction of sp³-hybridized carbons (Fsp3) is 0.722. The summed E-state index contributed by atoms with van der Waals surface area (Å²) in [6.45, 7) is 4.43. The first kappa shape index (κ1) is 37.9. The standard InChI is InChI=1S/C36H62O4/c1-3-5-7-8-9-10-11-12-13-14-15-19-22-25-29-33-36(39)40-34(30-26-6-4-2)31-27-23-20-17-16-18-21-24-28-32-35(37)38/h9-10,12-13,20,23,27,31,34H,3-8,11,14-19,21-22,24-26,28-30,32-33H2,1-2H3,(H,37,38)/b10-9-,13-12-,23-20-,31-27+. The highest BCUT2D eigenvalue weighted by Gasteiger charge is 2.11. The Morgan fingerprint density at radius 1 is 0.600 bits per heavy atom. The zero-order chi connectivity index (χ0) is 29.4. The van der Waals surface area contributed by atoms with Crippen molar-refractivity contribution in [3.8, 4) is 0 Å². The number of ether oxygens (including phenoxy) is 1. The first-order valence-electron chi connectivity index (χ1n) is 16.6. The predicted molar refractivity (Wildman–Crippen MR) is 172 cm³/mol. The maximum atomic E-state index is 12.4. The van der Waals surface area contributed by atoms with E-state index in [1.807, 2.05) is 12.2 Å². The molecule has 0 saturated heterocycles. The summed E-state index contributed by atoms with van der Waals surface area (Å²) in [6.07, 6.45) is 41.6. The molecule has 0 aliphatic heterocycles. The third kappa shape index (κ3) is 30.4. The van der Waals surface area contributed by atoms with Gasteiger partial charge in [0, 0.05) is 12.8 Å². The monoisotopic (exact) mass is 558 g/mol. The Kier molecular flexibility index (Phi) is 29.8. The molecule has 1 unspecified atom stereocenters. The van der Waals surface area contributed by atoms with Crippen molar-refractivity contribution in [2.75, 3.05) is 0 Å². The molecule has 0 spiro atoms. The van der Waals surface area contributed by atoms with Crippen molar-refractivity contribution >= 4 is 11.9 Å². The molecule has 0 amide bonds. The van der Waals surface area contributed by atoms with Crippen molar-refractivity contribution < 1.29 is 19.4 Å². The molecule has 0 saturated carbocycles. The largest absolute Gasteiger partial charge is 0.481 e. The van der Waals surface area contributed by atoms with Crippen molar-refractivity contribution in [2.45, 2.75) is 168 Å². The molecular formula is C36H62O4. The van der Waals surface area contributed by atoms with E-state index in [0.29, 0.717) is 6.42 Å². The van der Waals surface area contributed by atoms with E-state index in [1.54, 1.807) is 0 Å². The van der Waals surface area contributed by atoms with E-state index in [0.717, 1.165) is 89.9 Å². The second-order valence-corrected chi connectivity index (χ2v) is 11.0. The van der Waals surface area contributed by atoms with Gasteiger partial charge < -0.3 is 9.84 Å². The third-order valence-electron chi connectivity index (χ3n) is 7.04. The number of carbonyl (C=O) groups is 2. The van der Waals surface area contributed by atoms with Crippen LogP contribution in [0.1, 0.15) is 162 Å². The fourth-order valence-corrected chi connectivity index (χ4v) is 4.53. The highest BCUT2D eigenvalue weighted by molar-refractivity contribution is 5.69. The lowest BCUT2D eigenvalue weighted by Gasteiger charge is -2.14. The average molecular weight is 559 g/mol. The Labute approximate surface area is 247 Å². The molecule has 0 aromatic carbocycles. The Bertz CT molecular complexity index is 689. The van der Waals surface area contributed by atoms with E-state index >= 15 is 0 Å². The summed E-state index contributed by atoms with van der Waals surface area (Å²) in [5, 5.41) is 8.66. The summed E-state index contributed by atoms with van der Waals surface area (Å²) in [5.74, 6) is -0.765. The van der Waals surface area contributed by atoms with Crippen molar-refractivity contribution in [3.63, 3.8) is 0 Å². The van der Waals surface area contributed by atoms with Crippen LogP contribution < -0.4 is 0 Å². The number of carbonyl (C=O) groups excluding carboxylic acids is 1. The van der Waals surface area contributed by atoms with E-state index in [2.05, 4.69) is 50.3 Å². The summed E-state index contributed by atoms with van der Waals surface area (Å²) in [7, 11) is 0. The van der Waals surface area contributed by atoms with Gasteiger partial charge in [0.15, 0.2) is 0 Å². The number of allylic oxidation sites excluding steroid dienone is 7. The molecule has 1 atom stereocenters. The lowest BCUT2D eigenvalue weighted by atomic mass is 10.1. The first-order valence-corrected chi connectivity index (χ1v) is 16.6. The smallest absolute Gasteiger partial charge is 0.306 e. The predicted octanol–water partition coefficient (Wildman–Crippen LogP) is 11.2. The Morgan fingerprint density at radius 2 is 1.12 bits per heavy atom. The molecule has 40 heavy (non-hydrogen) atoms. The fourth-order valence-electron chi connectivity index (χ4n) is 4.53. The quantitative estimate of drug-likeness (QED) is 0.0429. The highest BCUT2D eigenvalue weighted by atomic mass is 16.5. The number of carboxylic acids is 1. The van der Waals surface area contributed by atoms with Crippen LogP contribution in [0.25, 0.3) is 0 Å². The van der Waals surface area contributed by atoms with Gasteiger partial charge in [-0.05, 0) is 76.7 Å². The Morgan fingerprint density at radius 3 is 1.75 bits per heavy atom. The van der Waals surface area contributed by atoms with Gasteiger partial charge in [-0.3, -0.25) is 9.59 Å². The van der Waals surface area contributed by atoms with E-state index in [4.69, 9.17) is 9.84 Å². The van der Waals surface area contributed by atoms with Crippen LogP contribution in [0.15, 0.2) is 48.6 Å². The molecule has 0 bridgehead atoms. The summed E-state index contributed by atoms with van der Waals surface area (Å²) in [5.41, 5.74) is 0. The number of hydrogen-bond acceptors (Lipinski definition) is 3. The minimum atomic E-state index is -0.699. The maximum absolute atomic E-state index is 12.4. The molecule has 0 rings (SSSR count). The lowest BCUT2D eigenvalue weighted by Crippen LogP contribution is -2.16. The van der Waals surface area contributed by atoms with Gasteiger partial charge >= 0.3 is 11.9 Å². The Balaban J connectivity index is 3.96. The SMILES string of the molecule is CCCCC/C=C\C/C=C\CCCCCCCC(=O)OC(/C=C/C=C\CCCCCCCC(=O)O)CCCCC. The molecule has 0 fully saturated rings. The minimum absolute atomic E-state index is 0.0660. The normalized spacial score (nSPS) is 12.8. The van der Waals surface area contributed by atoms with Crippen molar-refractivity contribution in [3.05, 3.63) is 48.6 Å². The number of rotatable bonds is 29. The van der Waals surface area contributed by atoms with Crippen molar-refractivity contribution in [1.29, 1.82) is 0 Å². The molecule has 0 aliphatic carbocycles. The van der Waals surface area contributed by atoms with Crippen LogP contribution in [-0.4, -0.2) is 23.1 Å². The van der Waals surface area contributed by atoms with E-state index in [9.17, 15) is 9.59 Å². The summed E-state index contributed by atoms with van der Waals surface area (Å²) in [4.78, 5) is 22.9. The topological polar surface area (TPSA) is 63.6 Å². The molecule has 230 valence electrons. The molecule has 4 nitrogen and oxygen atoms in total. The molecule has 0 aromatic rings. The van der Waals surface area contributed by atoms with Crippen LogP contribution in [0.2, 0.25) is 0 Å². The molecule has 0 heterocycles. The van der Waals surface area contributed by atoms with Gasteiger partial charge in [-0.2, -0.15) is 0 Å². The van der Waals surface area contributed by atoms with E-state index in [1.165, 1.54) is 44.9 Å². The minimum Gasteiger partial charge on any atom is -0.481 e. The molecule has 4 heteroatoms. The van der Waals surface area contributed by atoms with Gasteiger partial charge in [-0.1, -0.05) is 121 Å². The highest BCUT2D eigenvalue weighted by Crippen LogP contribution is 2.13. The zero-order valence-corrected chi connectivity index (χ0v) is 26.1. The van der Waals surface area contributed by atoms with Crippen LogP contribution >= 0.6 is 0 Å². The zero-order valence-electron chi connectivity index (χ0n) is 26.1. The van der Waals surface area contributed by atoms with Crippen LogP contribution in [0, 0.1) is 0 Å². The molecule has 0 radical (unpaired) electrons. The number of hydrogen-bond donors (Lipinski definition) is 1. The lowest BCUT2D eigenvalue weighted by molar-refractivity contribution is -0.147. The third-order valence-corrected chi connectivity index (χ3v) is 7.04. The van der Waals surface area contributed by atoms with Crippen molar-refractivity contribution in [1.82, 2.24) is 0 Å². The molecule has 1 N–H and O–H groups in total. The number of esters is 1. The summed E-state index contributed by atoms with van der Waals surface area (Å²) in [6, 6.07) is 0.